The van der Waals surface area contributed by atoms with Crippen molar-refractivity contribution >= 4 is 17.4 Å². The van der Waals surface area contributed by atoms with E-state index in [9.17, 15) is 14.7 Å². The molecule has 36 heavy (non-hydrogen) atoms. The highest BCUT2D eigenvalue weighted by atomic mass is 16.6. The van der Waals surface area contributed by atoms with Gasteiger partial charge in [-0.05, 0) is 54.4 Å². The van der Waals surface area contributed by atoms with E-state index in [1.807, 2.05) is 18.2 Å². The number of hydrogen-bond acceptors (Lipinski definition) is 7. The number of fused-ring (bicyclic) bond motifs is 1. The number of ether oxygens (including phenoxy) is 3. The zero-order valence-electron chi connectivity index (χ0n) is 19.9. The van der Waals surface area contributed by atoms with E-state index in [4.69, 9.17) is 18.6 Å². The zero-order chi connectivity index (χ0) is 25.1. The van der Waals surface area contributed by atoms with Crippen LogP contribution in [0.5, 0.6) is 17.2 Å². The third kappa shape index (κ3) is 4.54. The first-order valence-corrected chi connectivity index (χ1v) is 12.0. The van der Waals surface area contributed by atoms with E-state index in [0.717, 1.165) is 12.8 Å². The van der Waals surface area contributed by atoms with Crippen molar-refractivity contribution in [3.8, 4) is 17.2 Å². The number of likely N-dealkylation sites (tertiary alicyclic amines) is 1. The average Bonchev–Trinajstić information content (AvgIpc) is 3.51. The summed E-state index contributed by atoms with van der Waals surface area (Å²) in [5, 5.41) is 11.4. The highest BCUT2D eigenvalue weighted by Crippen LogP contribution is 2.42. The molecule has 1 aromatic heterocycles. The van der Waals surface area contributed by atoms with Crippen LogP contribution in [0.25, 0.3) is 5.76 Å². The van der Waals surface area contributed by atoms with Gasteiger partial charge in [-0.15, -0.1) is 0 Å². The molecule has 2 aliphatic heterocycles. The molecule has 0 aliphatic carbocycles. The predicted octanol–water partition coefficient (Wildman–Crippen LogP) is 4.85. The van der Waals surface area contributed by atoms with Crippen molar-refractivity contribution in [3.63, 3.8) is 0 Å². The third-order valence-corrected chi connectivity index (χ3v) is 6.20. The summed E-state index contributed by atoms with van der Waals surface area (Å²) in [6.45, 7) is 3.53. The standard InChI is InChI=1S/C28H27NO7/c1-2-3-11-33-20-7-4-6-18(15-20)25-24(27(31)28(32)29(25)17-21-8-5-12-34-21)26(30)19-9-10-22-23(16-19)36-14-13-35-22/h4-10,12,15-16,25,30H,2-3,11,13-14,17H2,1H3/t25-/m1/s1. The lowest BCUT2D eigenvalue weighted by molar-refractivity contribution is -0.140. The Labute approximate surface area is 208 Å². The van der Waals surface area contributed by atoms with Crippen molar-refractivity contribution in [2.45, 2.75) is 32.4 Å². The van der Waals surface area contributed by atoms with Gasteiger partial charge in [0.05, 0.1) is 31.0 Å². The summed E-state index contributed by atoms with van der Waals surface area (Å²) in [5.41, 5.74) is 0.999. The van der Waals surface area contributed by atoms with Gasteiger partial charge in [0.15, 0.2) is 11.5 Å². The number of carbonyl (C=O) groups is 2. The van der Waals surface area contributed by atoms with Gasteiger partial charge in [-0.2, -0.15) is 0 Å². The molecule has 8 heteroatoms. The van der Waals surface area contributed by atoms with E-state index in [2.05, 4.69) is 6.92 Å². The minimum Gasteiger partial charge on any atom is -0.507 e. The average molecular weight is 490 g/mol. The predicted molar refractivity (Wildman–Crippen MR) is 131 cm³/mol. The number of hydrogen-bond donors (Lipinski definition) is 1. The molecule has 1 saturated heterocycles. The number of rotatable bonds is 8. The fourth-order valence-electron chi connectivity index (χ4n) is 4.42. The number of aliphatic hydroxyl groups excluding tert-OH is 1. The number of carbonyl (C=O) groups excluding carboxylic acids is 2. The second kappa shape index (κ2) is 10.2. The van der Waals surface area contributed by atoms with Crippen LogP contribution in [0.2, 0.25) is 0 Å². The lowest BCUT2D eigenvalue weighted by Gasteiger charge is -2.25. The molecule has 186 valence electrons. The van der Waals surface area contributed by atoms with Gasteiger partial charge in [-0.1, -0.05) is 25.5 Å². The molecule has 1 amide bonds. The van der Waals surface area contributed by atoms with Crippen molar-refractivity contribution in [2.75, 3.05) is 19.8 Å². The second-order valence-electron chi connectivity index (χ2n) is 8.64. The molecule has 3 aromatic rings. The molecule has 2 aromatic carbocycles. The van der Waals surface area contributed by atoms with Crippen LogP contribution in [-0.2, 0) is 16.1 Å². The minimum absolute atomic E-state index is 0.00561. The number of aliphatic hydroxyl groups is 1. The van der Waals surface area contributed by atoms with Crippen molar-refractivity contribution in [2.24, 2.45) is 0 Å². The van der Waals surface area contributed by atoms with Crippen LogP contribution in [-0.4, -0.2) is 41.5 Å². The van der Waals surface area contributed by atoms with E-state index < -0.39 is 17.7 Å². The molecule has 0 radical (unpaired) electrons. The largest absolute Gasteiger partial charge is 0.507 e. The first-order chi connectivity index (χ1) is 17.6. The topological polar surface area (TPSA) is 98.4 Å². The number of unbranched alkanes of at least 4 members (excludes halogenated alkanes) is 1. The second-order valence-corrected chi connectivity index (χ2v) is 8.64. The van der Waals surface area contributed by atoms with Crippen molar-refractivity contribution < 1.29 is 33.3 Å². The minimum atomic E-state index is -0.835. The number of Topliss-reactive ketones (excluding diaryl/α,β-unsaturated/α-hetero) is 1. The van der Waals surface area contributed by atoms with Gasteiger partial charge in [0.2, 0.25) is 0 Å². The molecule has 1 fully saturated rings. The van der Waals surface area contributed by atoms with Gasteiger partial charge >= 0.3 is 0 Å². The maximum absolute atomic E-state index is 13.3. The summed E-state index contributed by atoms with van der Waals surface area (Å²) in [5.74, 6) is 0.418. The Kier molecular flexibility index (Phi) is 6.66. The Morgan fingerprint density at radius 1 is 1.06 bits per heavy atom. The fourth-order valence-corrected chi connectivity index (χ4v) is 4.42. The molecule has 3 heterocycles. The molecule has 0 saturated carbocycles. The van der Waals surface area contributed by atoms with Gasteiger partial charge in [0, 0.05) is 5.56 Å². The van der Waals surface area contributed by atoms with E-state index in [0.29, 0.717) is 54.0 Å². The lowest BCUT2D eigenvalue weighted by atomic mass is 9.95. The van der Waals surface area contributed by atoms with Crippen LogP contribution in [0.1, 0.15) is 42.7 Å². The molecule has 1 N–H and O–H groups in total. The number of amides is 1. The van der Waals surface area contributed by atoms with Gasteiger partial charge in [0.1, 0.15) is 30.5 Å². The third-order valence-electron chi connectivity index (χ3n) is 6.20. The molecule has 0 spiro atoms. The van der Waals surface area contributed by atoms with Gasteiger partial charge < -0.3 is 28.6 Å². The Hall–Kier alpha value is -4.20. The van der Waals surface area contributed by atoms with E-state index in [-0.39, 0.29) is 17.9 Å². The first kappa shape index (κ1) is 23.5. The normalized spacial score (nSPS) is 18.5. The van der Waals surface area contributed by atoms with E-state index in [1.165, 1.54) is 11.2 Å². The fraction of sp³-hybridized carbons (Fsp3) is 0.286. The Bertz CT molecular complexity index is 1290. The summed E-state index contributed by atoms with van der Waals surface area (Å²) in [7, 11) is 0. The van der Waals surface area contributed by atoms with Crippen molar-refractivity contribution in [1.82, 2.24) is 4.90 Å². The van der Waals surface area contributed by atoms with Crippen molar-refractivity contribution in [3.05, 3.63) is 83.3 Å². The van der Waals surface area contributed by atoms with Gasteiger partial charge in [0.25, 0.3) is 11.7 Å². The molecule has 2 aliphatic rings. The summed E-state index contributed by atoms with van der Waals surface area (Å²) in [4.78, 5) is 27.9. The number of furan rings is 1. The number of benzene rings is 2. The van der Waals surface area contributed by atoms with E-state index >= 15 is 0 Å². The van der Waals surface area contributed by atoms with Crippen LogP contribution in [0.3, 0.4) is 0 Å². The Morgan fingerprint density at radius 2 is 1.89 bits per heavy atom. The van der Waals surface area contributed by atoms with Crippen LogP contribution < -0.4 is 14.2 Å². The summed E-state index contributed by atoms with van der Waals surface area (Å²) < 4.78 is 22.5. The maximum Gasteiger partial charge on any atom is 0.296 e. The zero-order valence-corrected chi connectivity index (χ0v) is 19.9. The first-order valence-electron chi connectivity index (χ1n) is 12.0. The number of ketones is 1. The Morgan fingerprint density at radius 3 is 2.67 bits per heavy atom. The molecule has 8 nitrogen and oxygen atoms in total. The highest BCUT2D eigenvalue weighted by Gasteiger charge is 2.46. The molecule has 0 bridgehead atoms. The van der Waals surface area contributed by atoms with Gasteiger partial charge in [-0.25, -0.2) is 0 Å². The van der Waals surface area contributed by atoms with Crippen LogP contribution >= 0.6 is 0 Å². The van der Waals surface area contributed by atoms with Gasteiger partial charge in [-0.3, -0.25) is 9.59 Å². The SMILES string of the molecule is CCCCOc1cccc([C@@H]2C(=C(O)c3ccc4c(c3)OCCO4)C(=O)C(=O)N2Cc2ccco2)c1. The summed E-state index contributed by atoms with van der Waals surface area (Å²) in [6, 6.07) is 14.8. The van der Waals surface area contributed by atoms with Crippen LogP contribution in [0, 0.1) is 0 Å². The smallest absolute Gasteiger partial charge is 0.296 e. The van der Waals surface area contributed by atoms with Crippen molar-refractivity contribution in [1.29, 1.82) is 0 Å². The quantitative estimate of drug-likeness (QED) is 0.209. The Balaban J connectivity index is 1.59. The van der Waals surface area contributed by atoms with E-state index in [1.54, 1.807) is 36.4 Å². The molecule has 5 rings (SSSR count). The highest BCUT2D eigenvalue weighted by molar-refractivity contribution is 6.46. The maximum atomic E-state index is 13.3. The van der Waals surface area contributed by atoms with Crippen LogP contribution in [0.15, 0.2) is 70.9 Å². The molecular weight excluding hydrogens is 462 g/mol. The molecule has 0 unspecified atom stereocenters. The number of nitrogens with zero attached hydrogens (tertiary/aromatic N) is 1. The summed E-state index contributed by atoms with van der Waals surface area (Å²) >= 11 is 0. The van der Waals surface area contributed by atoms with Crippen LogP contribution in [0.4, 0.5) is 0 Å². The summed E-state index contributed by atoms with van der Waals surface area (Å²) in [6.07, 6.45) is 3.42. The monoisotopic (exact) mass is 489 g/mol. The molecule has 1 atom stereocenters. The molecular formula is C28H27NO7. The lowest BCUT2D eigenvalue weighted by Crippen LogP contribution is -2.29.